The predicted molar refractivity (Wildman–Crippen MR) is 91.4 cm³/mol. The standard InChI is InChI=1S/C15H16BrN3O3S/c1-10-8-14(17-15(20)12-4-2-3-5-13(12)16)19(18-10)11-6-7-23(21,22)9-11/h2-5,8,11H,6-7,9H2,1H3,(H,17,20). The molecule has 0 radical (unpaired) electrons. The van der Waals surface area contributed by atoms with Gasteiger partial charge in [-0.15, -0.1) is 0 Å². The van der Waals surface area contributed by atoms with Gasteiger partial charge in [0.15, 0.2) is 9.84 Å². The van der Waals surface area contributed by atoms with Crippen LogP contribution in [-0.4, -0.2) is 35.6 Å². The lowest BCUT2D eigenvalue weighted by Crippen LogP contribution is -2.19. The zero-order valence-electron chi connectivity index (χ0n) is 12.5. The number of aromatic nitrogens is 2. The normalized spacial score (nSPS) is 19.7. The Morgan fingerprint density at radius 3 is 2.78 bits per heavy atom. The van der Waals surface area contributed by atoms with Gasteiger partial charge in [0.1, 0.15) is 5.82 Å². The van der Waals surface area contributed by atoms with Gasteiger partial charge in [0.2, 0.25) is 0 Å². The Morgan fingerprint density at radius 2 is 2.13 bits per heavy atom. The fraction of sp³-hybridized carbons (Fsp3) is 0.333. The van der Waals surface area contributed by atoms with E-state index in [1.54, 1.807) is 28.9 Å². The van der Waals surface area contributed by atoms with Crippen molar-refractivity contribution in [3.05, 3.63) is 46.1 Å². The number of hydrogen-bond donors (Lipinski definition) is 1. The molecule has 1 aliphatic rings. The van der Waals surface area contributed by atoms with Gasteiger partial charge in [0.25, 0.3) is 5.91 Å². The highest BCUT2D eigenvalue weighted by Crippen LogP contribution is 2.27. The molecule has 6 nitrogen and oxygen atoms in total. The Kier molecular flexibility index (Phi) is 4.29. The van der Waals surface area contributed by atoms with Crippen molar-refractivity contribution in [1.82, 2.24) is 9.78 Å². The SMILES string of the molecule is Cc1cc(NC(=O)c2ccccc2Br)n(C2CCS(=O)(=O)C2)n1. The third-order valence-electron chi connectivity index (χ3n) is 3.77. The molecule has 1 atom stereocenters. The quantitative estimate of drug-likeness (QED) is 0.862. The number of carbonyl (C=O) groups excluding carboxylic acids is 1. The van der Waals surface area contributed by atoms with Crippen LogP contribution in [0.25, 0.3) is 0 Å². The van der Waals surface area contributed by atoms with Crippen LogP contribution in [0.1, 0.15) is 28.5 Å². The number of nitrogens with zero attached hydrogens (tertiary/aromatic N) is 2. The molecule has 23 heavy (non-hydrogen) atoms. The molecule has 0 spiro atoms. The highest BCUT2D eigenvalue weighted by atomic mass is 79.9. The molecule has 2 heterocycles. The van der Waals surface area contributed by atoms with Gasteiger partial charge in [-0.05, 0) is 41.4 Å². The summed E-state index contributed by atoms with van der Waals surface area (Å²) in [7, 11) is -3.02. The summed E-state index contributed by atoms with van der Waals surface area (Å²) in [5.74, 6) is 0.477. The number of sulfone groups is 1. The van der Waals surface area contributed by atoms with Gasteiger partial charge in [-0.2, -0.15) is 5.10 Å². The predicted octanol–water partition coefficient (Wildman–Crippen LogP) is 2.57. The average Bonchev–Trinajstić information content (AvgIpc) is 3.01. The van der Waals surface area contributed by atoms with Gasteiger partial charge in [-0.1, -0.05) is 12.1 Å². The fourth-order valence-electron chi connectivity index (χ4n) is 2.69. The fourth-order valence-corrected chi connectivity index (χ4v) is 4.84. The van der Waals surface area contributed by atoms with E-state index in [4.69, 9.17) is 0 Å². The second kappa shape index (κ2) is 6.09. The summed E-state index contributed by atoms with van der Waals surface area (Å²) in [5.41, 5.74) is 1.24. The Hall–Kier alpha value is -1.67. The summed E-state index contributed by atoms with van der Waals surface area (Å²) in [4.78, 5) is 12.4. The molecule has 1 N–H and O–H groups in total. The molecule has 1 aromatic carbocycles. The van der Waals surface area contributed by atoms with Crippen LogP contribution in [0.5, 0.6) is 0 Å². The highest BCUT2D eigenvalue weighted by Gasteiger charge is 2.31. The summed E-state index contributed by atoms with van der Waals surface area (Å²) in [6, 6.07) is 8.64. The zero-order chi connectivity index (χ0) is 16.6. The van der Waals surface area contributed by atoms with E-state index in [2.05, 4.69) is 26.3 Å². The van der Waals surface area contributed by atoms with E-state index in [0.29, 0.717) is 22.3 Å². The van der Waals surface area contributed by atoms with Crippen molar-refractivity contribution in [2.45, 2.75) is 19.4 Å². The zero-order valence-corrected chi connectivity index (χ0v) is 14.9. The number of nitrogens with one attached hydrogen (secondary N) is 1. The number of rotatable bonds is 3. The minimum Gasteiger partial charge on any atom is -0.307 e. The minimum absolute atomic E-state index is 0.0615. The second-order valence-corrected chi connectivity index (χ2v) is 8.69. The summed E-state index contributed by atoms with van der Waals surface area (Å²) in [5, 5.41) is 7.18. The molecular formula is C15H16BrN3O3S. The van der Waals surface area contributed by atoms with Gasteiger partial charge in [0.05, 0.1) is 28.8 Å². The molecule has 1 unspecified atom stereocenters. The number of amides is 1. The van der Waals surface area contributed by atoms with E-state index in [1.807, 2.05) is 13.0 Å². The van der Waals surface area contributed by atoms with E-state index in [0.717, 1.165) is 5.69 Å². The smallest absolute Gasteiger partial charge is 0.257 e. The molecule has 0 saturated carbocycles. The third-order valence-corrected chi connectivity index (χ3v) is 6.21. The maximum atomic E-state index is 12.4. The lowest BCUT2D eigenvalue weighted by Gasteiger charge is -2.14. The Balaban J connectivity index is 1.87. The first kappa shape index (κ1) is 16.2. The van der Waals surface area contributed by atoms with Crippen molar-refractivity contribution in [1.29, 1.82) is 0 Å². The number of aryl methyl sites for hydroxylation is 1. The summed E-state index contributed by atoms with van der Waals surface area (Å²) in [6.45, 7) is 1.81. The van der Waals surface area contributed by atoms with E-state index in [-0.39, 0.29) is 23.5 Å². The van der Waals surface area contributed by atoms with Gasteiger partial charge < -0.3 is 5.32 Å². The van der Waals surface area contributed by atoms with Gasteiger partial charge in [-0.3, -0.25) is 4.79 Å². The number of hydrogen-bond acceptors (Lipinski definition) is 4. The summed E-state index contributed by atoms with van der Waals surface area (Å²) in [6.07, 6.45) is 0.515. The molecule has 122 valence electrons. The van der Waals surface area contributed by atoms with Crippen molar-refractivity contribution in [3.8, 4) is 0 Å². The van der Waals surface area contributed by atoms with E-state index in [9.17, 15) is 13.2 Å². The van der Waals surface area contributed by atoms with Crippen LogP contribution in [0, 0.1) is 6.92 Å². The molecule has 1 saturated heterocycles. The van der Waals surface area contributed by atoms with E-state index in [1.165, 1.54) is 0 Å². The summed E-state index contributed by atoms with van der Waals surface area (Å²) >= 11 is 3.35. The molecule has 0 aliphatic carbocycles. The first-order chi connectivity index (χ1) is 10.9. The van der Waals surface area contributed by atoms with Crippen molar-refractivity contribution in [2.75, 3.05) is 16.8 Å². The van der Waals surface area contributed by atoms with Crippen LogP contribution in [0.4, 0.5) is 5.82 Å². The lowest BCUT2D eigenvalue weighted by molar-refractivity contribution is 0.102. The molecule has 1 fully saturated rings. The number of benzene rings is 1. The molecular weight excluding hydrogens is 382 g/mol. The van der Waals surface area contributed by atoms with Crippen LogP contribution >= 0.6 is 15.9 Å². The molecule has 1 aromatic heterocycles. The Labute approximate surface area is 142 Å². The maximum absolute atomic E-state index is 12.4. The van der Waals surface area contributed by atoms with Gasteiger partial charge in [-0.25, -0.2) is 13.1 Å². The van der Waals surface area contributed by atoms with Gasteiger partial charge in [0, 0.05) is 10.5 Å². The number of halogens is 1. The molecule has 3 rings (SSSR count). The second-order valence-electron chi connectivity index (χ2n) is 5.61. The average molecular weight is 398 g/mol. The molecule has 1 aliphatic heterocycles. The van der Waals surface area contributed by atoms with Crippen LogP contribution in [0.2, 0.25) is 0 Å². The first-order valence-corrected chi connectivity index (χ1v) is 9.79. The summed E-state index contributed by atoms with van der Waals surface area (Å²) < 4.78 is 25.7. The first-order valence-electron chi connectivity index (χ1n) is 7.18. The maximum Gasteiger partial charge on any atom is 0.257 e. The Morgan fingerprint density at radius 1 is 1.39 bits per heavy atom. The van der Waals surface area contributed by atoms with Gasteiger partial charge >= 0.3 is 0 Å². The number of anilines is 1. The van der Waals surface area contributed by atoms with Crippen LogP contribution in [-0.2, 0) is 9.84 Å². The van der Waals surface area contributed by atoms with Crippen LogP contribution in [0.15, 0.2) is 34.8 Å². The molecule has 0 bridgehead atoms. The van der Waals surface area contributed by atoms with Crippen molar-refractivity contribution < 1.29 is 13.2 Å². The molecule has 2 aromatic rings. The lowest BCUT2D eigenvalue weighted by atomic mass is 10.2. The van der Waals surface area contributed by atoms with Crippen molar-refractivity contribution in [3.63, 3.8) is 0 Å². The Bertz CT molecular complexity index is 861. The largest absolute Gasteiger partial charge is 0.307 e. The molecule has 1 amide bonds. The van der Waals surface area contributed by atoms with Crippen molar-refractivity contribution in [2.24, 2.45) is 0 Å². The van der Waals surface area contributed by atoms with E-state index < -0.39 is 9.84 Å². The van der Waals surface area contributed by atoms with Crippen molar-refractivity contribution >= 4 is 37.5 Å². The van der Waals surface area contributed by atoms with Crippen LogP contribution < -0.4 is 5.32 Å². The number of carbonyl (C=O) groups is 1. The molecule has 8 heteroatoms. The monoisotopic (exact) mass is 397 g/mol. The minimum atomic E-state index is -3.02. The van der Waals surface area contributed by atoms with E-state index >= 15 is 0 Å². The topological polar surface area (TPSA) is 81.1 Å². The third kappa shape index (κ3) is 3.48. The van der Waals surface area contributed by atoms with Crippen LogP contribution in [0.3, 0.4) is 0 Å². The highest BCUT2D eigenvalue weighted by molar-refractivity contribution is 9.10.